The molecule has 0 radical (unpaired) electrons. The van der Waals surface area contributed by atoms with Crippen molar-refractivity contribution in [2.75, 3.05) is 0 Å². The molecular weight excluding hydrogens is 384 g/mol. The van der Waals surface area contributed by atoms with Crippen LogP contribution in [0.15, 0.2) is 48.0 Å². The first-order valence-electron chi connectivity index (χ1n) is 7.00. The molecule has 2 aromatic rings. The zero-order valence-electron chi connectivity index (χ0n) is 14.4. The van der Waals surface area contributed by atoms with Crippen LogP contribution in [0.2, 0.25) is 5.02 Å². The Balaban J connectivity index is 0.00000182. The van der Waals surface area contributed by atoms with Gasteiger partial charge in [-0.3, -0.25) is 0 Å². The van der Waals surface area contributed by atoms with E-state index in [2.05, 4.69) is 0 Å². The third kappa shape index (κ3) is 4.35. The maximum atomic E-state index is 13.1. The van der Waals surface area contributed by atoms with E-state index in [-0.39, 0.29) is 48.0 Å². The summed E-state index contributed by atoms with van der Waals surface area (Å²) in [6.07, 6.45) is -6.48. The minimum Gasteiger partial charge on any atom is -1.00 e. The topological polar surface area (TPSA) is 55.8 Å². The summed E-state index contributed by atoms with van der Waals surface area (Å²) in [5, 5.41) is 9.52. The van der Waals surface area contributed by atoms with Gasteiger partial charge in [0.1, 0.15) is 17.2 Å². The summed E-state index contributed by atoms with van der Waals surface area (Å²) in [7, 11) is 0. The number of ether oxygens (including phenoxy) is 2. The van der Waals surface area contributed by atoms with Crippen LogP contribution in [-0.2, 0) is 4.79 Å². The van der Waals surface area contributed by atoms with Crippen LogP contribution in [0, 0.1) is 0 Å². The third-order valence-electron chi connectivity index (χ3n) is 3.42. The van der Waals surface area contributed by atoms with E-state index in [1.807, 2.05) is 0 Å². The molecule has 9 heteroatoms. The van der Waals surface area contributed by atoms with Gasteiger partial charge in [0.05, 0.1) is 11.1 Å². The van der Waals surface area contributed by atoms with Crippen molar-refractivity contribution in [3.63, 3.8) is 0 Å². The van der Waals surface area contributed by atoms with Crippen LogP contribution in [0.1, 0.15) is 6.99 Å². The van der Waals surface area contributed by atoms with Crippen molar-refractivity contribution in [2.24, 2.45) is 0 Å². The van der Waals surface area contributed by atoms with Crippen LogP contribution < -0.4 is 39.0 Å². The average Bonchev–Trinajstić information content (AvgIpc) is 2.53. The molecule has 4 nitrogen and oxygen atoms in total. The second kappa shape index (κ2) is 7.92. The fourth-order valence-electron chi connectivity index (χ4n) is 2.35. The molecule has 1 unspecified atom stereocenters. The van der Waals surface area contributed by atoms with Crippen molar-refractivity contribution in [1.82, 2.24) is 0 Å². The van der Waals surface area contributed by atoms with E-state index in [1.54, 1.807) is 18.2 Å². The summed E-state index contributed by atoms with van der Waals surface area (Å²) < 4.78 is 49.7. The number of hydrogen-bond donors (Lipinski definition) is 1. The summed E-state index contributed by atoms with van der Waals surface area (Å²) in [5.74, 6) is -1.33. The molecule has 0 aliphatic carbocycles. The normalized spacial score (nSPS) is 15.8. The molecule has 1 heterocycles. The quantitative estimate of drug-likeness (QED) is 0.810. The standard InChI is InChI=1S/C17H10ClF3O4.Na.H/c18-9-3-1-4-10(7-9)24-13-5-2-6-14-11(13)8-12(16(22)23)15(25-14)17(19,20)21;;/h1-8,15H,(H,22,23);;/q;+1;-1. The maximum Gasteiger partial charge on any atom is 1.00 e. The van der Waals surface area contributed by atoms with Gasteiger partial charge in [0.2, 0.25) is 6.10 Å². The number of carboxylic acids is 1. The van der Waals surface area contributed by atoms with E-state index in [9.17, 15) is 18.0 Å². The van der Waals surface area contributed by atoms with E-state index >= 15 is 0 Å². The minimum absolute atomic E-state index is 0. The zero-order chi connectivity index (χ0) is 18.2. The molecule has 0 saturated carbocycles. The van der Waals surface area contributed by atoms with Crippen molar-refractivity contribution in [1.29, 1.82) is 0 Å². The fraction of sp³-hybridized carbons (Fsp3) is 0.118. The molecule has 132 valence electrons. The number of carboxylic acid groups (broad SMARTS) is 1. The number of carbonyl (C=O) groups is 1. The number of fused-ring (bicyclic) bond motifs is 1. The first-order chi connectivity index (χ1) is 11.8. The summed E-state index contributed by atoms with van der Waals surface area (Å²) in [5.41, 5.74) is -0.803. The average molecular weight is 395 g/mol. The first kappa shape index (κ1) is 20.6. The van der Waals surface area contributed by atoms with E-state index in [1.165, 1.54) is 24.3 Å². The smallest absolute Gasteiger partial charge is 1.00 e. The molecule has 0 saturated heterocycles. The van der Waals surface area contributed by atoms with Gasteiger partial charge in [-0.2, -0.15) is 13.2 Å². The van der Waals surface area contributed by atoms with Crippen molar-refractivity contribution in [3.8, 4) is 17.2 Å². The van der Waals surface area contributed by atoms with Gasteiger partial charge in [-0.15, -0.1) is 0 Å². The van der Waals surface area contributed by atoms with Crippen LogP contribution in [-0.4, -0.2) is 23.4 Å². The minimum atomic E-state index is -4.86. The monoisotopic (exact) mass is 394 g/mol. The molecule has 1 N–H and O–H groups in total. The number of aliphatic carboxylic acids is 1. The number of benzene rings is 2. The summed E-state index contributed by atoms with van der Waals surface area (Å²) in [4.78, 5) is 11.2. The van der Waals surface area contributed by atoms with Crippen molar-refractivity contribution < 1.29 is 63.5 Å². The molecule has 1 aliphatic rings. The van der Waals surface area contributed by atoms with E-state index < -0.39 is 23.8 Å². The Morgan fingerprint density at radius 3 is 2.54 bits per heavy atom. The van der Waals surface area contributed by atoms with Gasteiger partial charge in [0, 0.05) is 5.02 Å². The van der Waals surface area contributed by atoms with Gasteiger partial charge < -0.3 is 16.0 Å². The van der Waals surface area contributed by atoms with Gasteiger partial charge in [0.15, 0.2) is 0 Å². The van der Waals surface area contributed by atoms with Crippen LogP contribution in [0.5, 0.6) is 17.2 Å². The van der Waals surface area contributed by atoms with Crippen molar-refractivity contribution in [2.45, 2.75) is 12.3 Å². The van der Waals surface area contributed by atoms with Crippen LogP contribution >= 0.6 is 11.6 Å². The Morgan fingerprint density at radius 1 is 1.23 bits per heavy atom. The Hall–Kier alpha value is -1.67. The molecule has 2 aromatic carbocycles. The molecule has 0 aromatic heterocycles. The third-order valence-corrected chi connectivity index (χ3v) is 3.66. The SMILES string of the molecule is O=C(O)C1=Cc2c(Oc3cccc(Cl)c3)cccc2OC1C(F)(F)F.[H-].[Na+]. The second-order valence-corrected chi connectivity index (χ2v) is 5.61. The fourth-order valence-corrected chi connectivity index (χ4v) is 2.53. The second-order valence-electron chi connectivity index (χ2n) is 5.17. The summed E-state index contributed by atoms with van der Waals surface area (Å²) in [6, 6.07) is 10.7. The van der Waals surface area contributed by atoms with E-state index in [0.717, 1.165) is 6.08 Å². The number of alkyl halides is 3. The molecule has 0 fully saturated rings. The Labute approximate surface area is 174 Å². The first-order valence-corrected chi connectivity index (χ1v) is 7.38. The zero-order valence-corrected chi connectivity index (χ0v) is 16.1. The van der Waals surface area contributed by atoms with Crippen LogP contribution in [0.4, 0.5) is 13.2 Å². The molecule has 0 amide bonds. The van der Waals surface area contributed by atoms with Gasteiger partial charge >= 0.3 is 41.7 Å². The maximum absolute atomic E-state index is 13.1. The predicted molar refractivity (Wildman–Crippen MR) is 85.2 cm³/mol. The number of hydrogen-bond acceptors (Lipinski definition) is 3. The van der Waals surface area contributed by atoms with Crippen LogP contribution in [0.25, 0.3) is 6.08 Å². The molecule has 0 spiro atoms. The van der Waals surface area contributed by atoms with Gasteiger partial charge in [-0.25, -0.2) is 4.79 Å². The van der Waals surface area contributed by atoms with Gasteiger partial charge in [-0.1, -0.05) is 23.7 Å². The Kier molecular flexibility index (Phi) is 6.29. The number of rotatable bonds is 3. The molecule has 3 rings (SSSR count). The molecule has 0 bridgehead atoms. The van der Waals surface area contributed by atoms with E-state index in [4.69, 9.17) is 26.2 Å². The van der Waals surface area contributed by atoms with E-state index in [0.29, 0.717) is 10.8 Å². The van der Waals surface area contributed by atoms with Crippen LogP contribution in [0.3, 0.4) is 0 Å². The largest absolute Gasteiger partial charge is 1.00 e. The predicted octanol–water partition coefficient (Wildman–Crippen LogP) is 2.04. The molecule has 1 atom stereocenters. The summed E-state index contributed by atoms with van der Waals surface area (Å²) >= 11 is 5.87. The summed E-state index contributed by atoms with van der Waals surface area (Å²) in [6.45, 7) is 0. The molecule has 1 aliphatic heterocycles. The molecular formula is C17H11ClF3NaO4. The van der Waals surface area contributed by atoms with Crippen molar-refractivity contribution in [3.05, 3.63) is 58.6 Å². The van der Waals surface area contributed by atoms with Gasteiger partial charge in [-0.05, 0) is 36.4 Å². The van der Waals surface area contributed by atoms with Crippen molar-refractivity contribution >= 4 is 23.6 Å². The molecule has 26 heavy (non-hydrogen) atoms. The Bertz CT molecular complexity index is 873. The Morgan fingerprint density at radius 2 is 1.92 bits per heavy atom. The number of halogens is 4. The van der Waals surface area contributed by atoms with Gasteiger partial charge in [0.25, 0.3) is 0 Å².